The molecule has 2 aliphatic rings. The van der Waals surface area contributed by atoms with Crippen LogP contribution in [-0.2, 0) is 0 Å². The van der Waals surface area contributed by atoms with Crippen LogP contribution in [0.15, 0.2) is 29.3 Å². The molecule has 1 aromatic carbocycles. The van der Waals surface area contributed by atoms with E-state index >= 15 is 0 Å². The highest BCUT2D eigenvalue weighted by atomic mass is 16.1. The lowest BCUT2D eigenvalue weighted by atomic mass is 9.83. The zero-order valence-electron chi connectivity index (χ0n) is 13.0. The second kappa shape index (κ2) is 6.53. The third-order valence-electron chi connectivity index (χ3n) is 4.44. The average Bonchev–Trinajstić information content (AvgIpc) is 2.57. The second-order valence-corrected chi connectivity index (χ2v) is 6.01. The molecule has 116 valence electrons. The first kappa shape index (κ1) is 15.1. The molecular formula is C18H22N2O2. The summed E-state index contributed by atoms with van der Waals surface area (Å²) in [5.41, 5.74) is 1.52. The molecule has 0 radical (unpaired) electrons. The summed E-state index contributed by atoms with van der Waals surface area (Å²) in [5, 5.41) is 0. The van der Waals surface area contributed by atoms with Gasteiger partial charge in [-0.25, -0.2) is 0 Å². The van der Waals surface area contributed by atoms with Gasteiger partial charge in [-0.15, -0.1) is 0 Å². The molecule has 4 nitrogen and oxygen atoms in total. The molecule has 1 fully saturated rings. The fraction of sp³-hybridized carbons (Fsp3) is 0.500. The van der Waals surface area contributed by atoms with Gasteiger partial charge in [0.05, 0.1) is 0 Å². The number of hydrogen-bond donors (Lipinski definition) is 0. The lowest BCUT2D eigenvalue weighted by molar-refractivity contribution is 0.0830. The Morgan fingerprint density at radius 2 is 1.77 bits per heavy atom. The first-order valence-corrected chi connectivity index (χ1v) is 8.20. The van der Waals surface area contributed by atoms with E-state index in [4.69, 9.17) is 0 Å². The highest BCUT2D eigenvalue weighted by Gasteiger charge is 2.41. The van der Waals surface area contributed by atoms with E-state index in [1.165, 1.54) is 6.42 Å². The van der Waals surface area contributed by atoms with Gasteiger partial charge in [0.15, 0.2) is 5.78 Å². The van der Waals surface area contributed by atoms with E-state index < -0.39 is 6.04 Å². The number of ketones is 2. The van der Waals surface area contributed by atoms with Crippen molar-refractivity contribution >= 4 is 17.3 Å². The van der Waals surface area contributed by atoms with Crippen LogP contribution in [0.5, 0.6) is 0 Å². The molecule has 4 heteroatoms. The van der Waals surface area contributed by atoms with Gasteiger partial charge in [0, 0.05) is 17.7 Å². The van der Waals surface area contributed by atoms with Crippen molar-refractivity contribution in [2.75, 3.05) is 19.6 Å². The molecule has 1 unspecified atom stereocenters. The summed E-state index contributed by atoms with van der Waals surface area (Å²) in [4.78, 5) is 32.4. The monoisotopic (exact) mass is 298 g/mol. The van der Waals surface area contributed by atoms with E-state index in [2.05, 4.69) is 9.89 Å². The molecule has 0 saturated carbocycles. The quantitative estimate of drug-likeness (QED) is 0.862. The third-order valence-corrected chi connectivity index (χ3v) is 4.44. The van der Waals surface area contributed by atoms with Crippen molar-refractivity contribution in [2.24, 2.45) is 4.99 Å². The first-order chi connectivity index (χ1) is 10.7. The van der Waals surface area contributed by atoms with Crippen LogP contribution in [0.2, 0.25) is 0 Å². The molecule has 1 aliphatic heterocycles. The number of rotatable bonds is 3. The maximum atomic E-state index is 13.0. The number of nitrogens with zero attached hydrogens (tertiary/aromatic N) is 2. The summed E-state index contributed by atoms with van der Waals surface area (Å²) in [6, 6.07) is 6.66. The molecule has 1 aliphatic carbocycles. The van der Waals surface area contributed by atoms with Crippen LogP contribution in [0, 0.1) is 0 Å². The van der Waals surface area contributed by atoms with Crippen molar-refractivity contribution in [1.82, 2.24) is 4.90 Å². The summed E-state index contributed by atoms with van der Waals surface area (Å²) in [6.45, 7) is 4.37. The molecule has 0 spiro atoms. The Hall–Kier alpha value is -1.81. The number of aliphatic imine (C=N–C) groups is 1. The number of carbonyl (C=O) groups is 2. The Morgan fingerprint density at radius 1 is 1.09 bits per heavy atom. The molecule has 1 heterocycles. The summed E-state index contributed by atoms with van der Waals surface area (Å²) >= 11 is 0. The van der Waals surface area contributed by atoms with E-state index in [9.17, 15) is 9.59 Å². The Balaban J connectivity index is 2.04. The smallest absolute Gasteiger partial charge is 0.209 e. The van der Waals surface area contributed by atoms with Crippen molar-refractivity contribution in [2.45, 2.75) is 38.6 Å². The van der Waals surface area contributed by atoms with Crippen LogP contribution in [0.1, 0.15) is 53.3 Å². The maximum absolute atomic E-state index is 13.0. The number of fused-ring (bicyclic) bond motifs is 1. The lowest BCUT2D eigenvalue weighted by Gasteiger charge is -2.36. The number of Topliss-reactive ketones (excluding diaryl/α,β-unsaturated/α-hetero) is 2. The van der Waals surface area contributed by atoms with Gasteiger partial charge < -0.3 is 0 Å². The average molecular weight is 298 g/mol. The van der Waals surface area contributed by atoms with Gasteiger partial charge in [0.25, 0.3) is 0 Å². The van der Waals surface area contributed by atoms with Gasteiger partial charge in [-0.05, 0) is 32.4 Å². The largest absolute Gasteiger partial charge is 0.292 e. The molecule has 3 rings (SSSR count). The number of carbonyl (C=O) groups excluding carboxylic acids is 2. The van der Waals surface area contributed by atoms with Crippen molar-refractivity contribution in [3.8, 4) is 0 Å². The fourth-order valence-corrected chi connectivity index (χ4v) is 3.34. The minimum atomic E-state index is -0.478. The molecule has 1 aromatic rings. The molecule has 1 atom stereocenters. The summed E-state index contributed by atoms with van der Waals surface area (Å²) in [6.07, 6.45) is 4.24. The normalized spacial score (nSPS) is 24.6. The second-order valence-electron chi connectivity index (χ2n) is 6.01. The Bertz CT molecular complexity index is 615. The molecule has 0 N–H and O–H groups in total. The van der Waals surface area contributed by atoms with Crippen LogP contribution < -0.4 is 0 Å². The van der Waals surface area contributed by atoms with E-state index in [1.807, 2.05) is 19.1 Å². The van der Waals surface area contributed by atoms with Crippen LogP contribution >= 0.6 is 0 Å². The molecule has 1 saturated heterocycles. The zero-order chi connectivity index (χ0) is 15.5. The van der Waals surface area contributed by atoms with Gasteiger partial charge in [0.1, 0.15) is 11.8 Å². The predicted octanol–water partition coefficient (Wildman–Crippen LogP) is 2.77. The van der Waals surface area contributed by atoms with Crippen molar-refractivity contribution in [1.29, 1.82) is 0 Å². The van der Waals surface area contributed by atoms with Crippen molar-refractivity contribution < 1.29 is 9.59 Å². The van der Waals surface area contributed by atoms with Gasteiger partial charge in [-0.3, -0.25) is 19.5 Å². The maximum Gasteiger partial charge on any atom is 0.209 e. The van der Waals surface area contributed by atoms with E-state index in [-0.39, 0.29) is 11.6 Å². The standard InChI is InChI=1S/C18H22N2O2/c1-2-10-19-15-16(20-11-6-3-7-12-20)18(22)14-9-5-4-8-13(14)17(15)21/h4-5,8-9,16H,2-3,6-7,10-12H2,1H3. The van der Waals surface area contributed by atoms with Gasteiger partial charge >= 0.3 is 0 Å². The number of benzene rings is 1. The molecule has 0 aromatic heterocycles. The highest BCUT2D eigenvalue weighted by molar-refractivity contribution is 6.55. The zero-order valence-corrected chi connectivity index (χ0v) is 13.0. The SMILES string of the molecule is CCCN=C1C(=O)c2ccccc2C(=O)C1N1CCCCC1. The molecule has 0 amide bonds. The van der Waals surface area contributed by atoms with Gasteiger partial charge in [0.2, 0.25) is 5.78 Å². The molecule has 22 heavy (non-hydrogen) atoms. The lowest BCUT2D eigenvalue weighted by Crippen LogP contribution is -2.54. The summed E-state index contributed by atoms with van der Waals surface area (Å²) < 4.78 is 0. The predicted molar refractivity (Wildman–Crippen MR) is 86.9 cm³/mol. The van der Waals surface area contributed by atoms with Crippen molar-refractivity contribution in [3.63, 3.8) is 0 Å². The first-order valence-electron chi connectivity index (χ1n) is 8.20. The van der Waals surface area contributed by atoms with Crippen LogP contribution in [-0.4, -0.2) is 47.9 Å². The Kier molecular flexibility index (Phi) is 4.48. The highest BCUT2D eigenvalue weighted by Crippen LogP contribution is 2.25. The Labute approximate surface area is 131 Å². The van der Waals surface area contributed by atoms with Crippen LogP contribution in [0.25, 0.3) is 0 Å². The Morgan fingerprint density at radius 3 is 2.45 bits per heavy atom. The van der Waals surface area contributed by atoms with Gasteiger partial charge in [-0.1, -0.05) is 37.6 Å². The van der Waals surface area contributed by atoms with E-state index in [1.54, 1.807) is 12.1 Å². The molecule has 0 bridgehead atoms. The van der Waals surface area contributed by atoms with Crippen molar-refractivity contribution in [3.05, 3.63) is 35.4 Å². The number of piperidine rings is 1. The van der Waals surface area contributed by atoms with E-state index in [0.29, 0.717) is 23.4 Å². The minimum absolute atomic E-state index is 0.0342. The summed E-state index contributed by atoms with van der Waals surface area (Å²) in [7, 11) is 0. The third kappa shape index (κ3) is 2.63. The minimum Gasteiger partial charge on any atom is -0.292 e. The topological polar surface area (TPSA) is 49.7 Å². The molecular weight excluding hydrogens is 276 g/mol. The van der Waals surface area contributed by atoms with Crippen LogP contribution in [0.3, 0.4) is 0 Å². The van der Waals surface area contributed by atoms with Gasteiger partial charge in [-0.2, -0.15) is 0 Å². The number of likely N-dealkylation sites (tertiary alicyclic amines) is 1. The van der Waals surface area contributed by atoms with E-state index in [0.717, 1.165) is 32.4 Å². The van der Waals surface area contributed by atoms with Crippen LogP contribution in [0.4, 0.5) is 0 Å². The number of hydrogen-bond acceptors (Lipinski definition) is 4. The fourth-order valence-electron chi connectivity index (χ4n) is 3.34. The summed E-state index contributed by atoms with van der Waals surface area (Å²) in [5.74, 6) is -0.0359.